The molecule has 0 saturated heterocycles. The zero-order chi connectivity index (χ0) is 23.8. The van der Waals surface area contributed by atoms with Crippen molar-refractivity contribution in [2.45, 2.75) is 77.7 Å². The van der Waals surface area contributed by atoms with Crippen molar-refractivity contribution in [1.29, 1.82) is 0 Å². The van der Waals surface area contributed by atoms with Gasteiger partial charge < -0.3 is 10.4 Å². The maximum atomic E-state index is 13.2. The molecule has 5 nitrogen and oxygen atoms in total. The Hall–Kier alpha value is -3.08. The largest absolute Gasteiger partial charge is 0.508 e. The molecule has 3 aromatic rings. The maximum absolute atomic E-state index is 13.2. The fourth-order valence-electron chi connectivity index (χ4n) is 4.29. The third-order valence-corrected chi connectivity index (χ3v) is 6.03. The minimum absolute atomic E-state index is 0.0110. The fraction of sp³-hybridized carbons (Fsp3) is 0.429. The van der Waals surface area contributed by atoms with Crippen molar-refractivity contribution in [3.63, 3.8) is 0 Å². The number of benzene rings is 2. The average Bonchev–Trinajstić information content (AvgIpc) is 3.26. The van der Waals surface area contributed by atoms with Crippen LogP contribution in [0.3, 0.4) is 0 Å². The van der Waals surface area contributed by atoms with Crippen molar-refractivity contribution in [2.24, 2.45) is 0 Å². The van der Waals surface area contributed by atoms with Crippen LogP contribution in [0.25, 0.3) is 0 Å². The highest BCUT2D eigenvalue weighted by Gasteiger charge is 2.22. The first-order chi connectivity index (χ1) is 15.8. The van der Waals surface area contributed by atoms with Gasteiger partial charge in [-0.25, -0.2) is 0 Å². The smallest absolute Gasteiger partial charge is 0.224 e. The van der Waals surface area contributed by atoms with Gasteiger partial charge in [0.05, 0.1) is 6.54 Å². The monoisotopic (exact) mass is 447 g/mol. The topological polar surface area (TPSA) is 67.2 Å². The molecule has 0 radical (unpaired) electrons. The molecule has 1 heterocycles. The Bertz CT molecular complexity index is 1040. The number of hydrogen-bond acceptors (Lipinski definition) is 3. The highest BCUT2D eigenvalue weighted by Crippen LogP contribution is 2.34. The van der Waals surface area contributed by atoms with Gasteiger partial charge in [-0.05, 0) is 52.6 Å². The van der Waals surface area contributed by atoms with Crippen molar-refractivity contribution < 1.29 is 9.90 Å². The van der Waals surface area contributed by atoms with Gasteiger partial charge in [0.2, 0.25) is 5.91 Å². The number of phenolic OH excluding ortho intramolecular Hbond substituents is 1. The van der Waals surface area contributed by atoms with Gasteiger partial charge in [0, 0.05) is 24.5 Å². The lowest BCUT2D eigenvalue weighted by Crippen LogP contribution is -2.21. The van der Waals surface area contributed by atoms with Gasteiger partial charge in [0.1, 0.15) is 5.75 Å². The summed E-state index contributed by atoms with van der Waals surface area (Å²) in [5.41, 5.74) is 3.78. The molecule has 0 aliphatic carbocycles. The summed E-state index contributed by atoms with van der Waals surface area (Å²) in [4.78, 5) is 13.2. The molecule has 0 aliphatic heterocycles. The second kappa shape index (κ2) is 11.2. The van der Waals surface area contributed by atoms with E-state index in [2.05, 4.69) is 56.3 Å². The molecular weight excluding hydrogens is 410 g/mol. The number of aromatic nitrogens is 2. The van der Waals surface area contributed by atoms with E-state index in [4.69, 9.17) is 0 Å². The van der Waals surface area contributed by atoms with Crippen LogP contribution in [0.5, 0.6) is 5.75 Å². The first kappa shape index (κ1) is 24.6. The van der Waals surface area contributed by atoms with Crippen molar-refractivity contribution in [1.82, 2.24) is 9.78 Å². The molecule has 0 saturated carbocycles. The van der Waals surface area contributed by atoms with Gasteiger partial charge in [0.15, 0.2) is 0 Å². The molecule has 0 aliphatic rings. The number of nitrogens with one attached hydrogen (secondary N) is 1. The lowest BCUT2D eigenvalue weighted by Gasteiger charge is -2.25. The minimum Gasteiger partial charge on any atom is -0.508 e. The number of aromatic hydroxyl groups is 1. The molecule has 176 valence electrons. The fourth-order valence-corrected chi connectivity index (χ4v) is 4.29. The summed E-state index contributed by atoms with van der Waals surface area (Å²) in [6.45, 7) is 9.28. The number of rotatable bonds is 10. The molecule has 33 heavy (non-hydrogen) atoms. The molecule has 1 amide bonds. The van der Waals surface area contributed by atoms with Gasteiger partial charge in [-0.15, -0.1) is 0 Å². The van der Waals surface area contributed by atoms with E-state index in [-0.39, 0.29) is 23.0 Å². The van der Waals surface area contributed by atoms with E-state index in [0.717, 1.165) is 48.1 Å². The Morgan fingerprint density at radius 3 is 2.58 bits per heavy atom. The Labute approximate surface area is 197 Å². The van der Waals surface area contributed by atoms with Gasteiger partial charge in [-0.2, -0.15) is 5.10 Å². The second-order valence-corrected chi connectivity index (χ2v) is 9.84. The van der Waals surface area contributed by atoms with E-state index >= 15 is 0 Å². The molecular formula is C28H37N3O2. The summed E-state index contributed by atoms with van der Waals surface area (Å²) in [5.74, 6) is 0.230. The van der Waals surface area contributed by atoms with Crippen LogP contribution in [0.15, 0.2) is 60.9 Å². The molecule has 0 fully saturated rings. The Morgan fingerprint density at radius 2 is 1.91 bits per heavy atom. The van der Waals surface area contributed by atoms with E-state index in [1.54, 1.807) is 12.3 Å². The second-order valence-electron chi connectivity index (χ2n) is 9.84. The lowest BCUT2D eigenvalue weighted by atomic mass is 9.85. The van der Waals surface area contributed by atoms with Crippen LogP contribution in [0.2, 0.25) is 0 Å². The Morgan fingerprint density at radius 1 is 1.12 bits per heavy atom. The number of anilines is 1. The van der Waals surface area contributed by atoms with Crippen LogP contribution in [0.1, 0.15) is 82.4 Å². The van der Waals surface area contributed by atoms with Gasteiger partial charge in [-0.1, -0.05) is 77.3 Å². The number of amides is 1. The summed E-state index contributed by atoms with van der Waals surface area (Å²) in [5, 5.41) is 17.9. The van der Waals surface area contributed by atoms with E-state index < -0.39 is 0 Å². The highest BCUT2D eigenvalue weighted by molar-refractivity contribution is 5.92. The zero-order valence-corrected chi connectivity index (χ0v) is 20.3. The molecule has 2 aromatic carbocycles. The zero-order valence-electron chi connectivity index (χ0n) is 20.3. The van der Waals surface area contributed by atoms with E-state index in [9.17, 15) is 9.90 Å². The third-order valence-electron chi connectivity index (χ3n) is 6.03. The molecule has 1 aromatic heterocycles. The third kappa shape index (κ3) is 6.95. The van der Waals surface area contributed by atoms with Crippen LogP contribution in [-0.2, 0) is 16.8 Å². The van der Waals surface area contributed by atoms with E-state index in [1.165, 1.54) is 0 Å². The van der Waals surface area contributed by atoms with Crippen LogP contribution >= 0.6 is 0 Å². The van der Waals surface area contributed by atoms with Crippen LogP contribution in [-0.4, -0.2) is 20.8 Å². The quantitative estimate of drug-likeness (QED) is 0.343. The number of para-hydroxylation sites is 1. The van der Waals surface area contributed by atoms with Crippen molar-refractivity contribution >= 4 is 11.6 Å². The van der Waals surface area contributed by atoms with Crippen LogP contribution in [0.4, 0.5) is 5.69 Å². The first-order valence-corrected chi connectivity index (χ1v) is 12.0. The molecule has 0 bridgehead atoms. The molecule has 2 N–H and O–H groups in total. The Kier molecular flexibility index (Phi) is 8.32. The molecule has 1 unspecified atom stereocenters. The van der Waals surface area contributed by atoms with Crippen LogP contribution in [0, 0.1) is 0 Å². The van der Waals surface area contributed by atoms with E-state index in [0.29, 0.717) is 13.0 Å². The number of carbonyl (C=O) groups is 1. The SMILES string of the molecule is CCCCCC(CC(=O)Nc1cc(Cn2cccn2)ccc1C(C)(C)C)c1ccccc1O. The summed E-state index contributed by atoms with van der Waals surface area (Å²) in [6.07, 6.45) is 8.20. The number of unbranched alkanes of at least 4 members (excludes halogenated alkanes) is 2. The average molecular weight is 448 g/mol. The first-order valence-electron chi connectivity index (χ1n) is 12.0. The number of phenols is 1. The summed E-state index contributed by atoms with van der Waals surface area (Å²) in [6, 6.07) is 15.6. The van der Waals surface area contributed by atoms with Crippen molar-refractivity contribution in [3.8, 4) is 5.75 Å². The van der Waals surface area contributed by atoms with Crippen LogP contribution < -0.4 is 5.32 Å². The Balaban J connectivity index is 1.81. The van der Waals surface area contributed by atoms with Crippen molar-refractivity contribution in [3.05, 3.63) is 77.6 Å². The molecule has 3 rings (SSSR count). The summed E-state index contributed by atoms with van der Waals surface area (Å²) < 4.78 is 1.87. The minimum atomic E-state index is -0.106. The number of carbonyl (C=O) groups excluding carboxylic acids is 1. The standard InChI is InChI=1S/C28H37N3O2/c1-5-6-7-11-22(23-12-8-9-13-26(23)32)19-27(33)30-25-18-21(20-31-17-10-16-29-31)14-15-24(25)28(2,3)4/h8-10,12-18,22,32H,5-7,11,19-20H2,1-4H3,(H,30,33). The molecule has 0 spiro atoms. The lowest BCUT2D eigenvalue weighted by molar-refractivity contribution is -0.116. The number of hydrogen-bond donors (Lipinski definition) is 2. The van der Waals surface area contributed by atoms with Gasteiger partial charge in [0.25, 0.3) is 0 Å². The predicted molar refractivity (Wildman–Crippen MR) is 135 cm³/mol. The van der Waals surface area contributed by atoms with Crippen molar-refractivity contribution in [2.75, 3.05) is 5.32 Å². The summed E-state index contributed by atoms with van der Waals surface area (Å²) in [7, 11) is 0. The predicted octanol–water partition coefficient (Wildman–Crippen LogP) is 6.63. The van der Waals surface area contributed by atoms with E-state index in [1.807, 2.05) is 35.1 Å². The summed E-state index contributed by atoms with van der Waals surface area (Å²) >= 11 is 0. The normalized spacial score (nSPS) is 12.5. The molecule has 5 heteroatoms. The maximum Gasteiger partial charge on any atom is 0.224 e. The number of nitrogens with zero attached hydrogens (tertiary/aromatic N) is 2. The van der Waals surface area contributed by atoms with Gasteiger partial charge >= 0.3 is 0 Å². The highest BCUT2D eigenvalue weighted by atomic mass is 16.3. The molecule has 1 atom stereocenters. The van der Waals surface area contributed by atoms with Gasteiger partial charge in [-0.3, -0.25) is 9.48 Å².